The molecule has 0 unspecified atom stereocenters. The highest BCUT2D eigenvalue weighted by Gasteiger charge is 2.30. The van der Waals surface area contributed by atoms with Crippen LogP contribution in [0.15, 0.2) is 60.8 Å². The molecule has 1 N–H and O–H groups in total. The molecule has 4 nitrogen and oxygen atoms in total. The van der Waals surface area contributed by atoms with Gasteiger partial charge in [-0.15, -0.1) is 0 Å². The zero-order valence-corrected chi connectivity index (χ0v) is 12.7. The molecule has 1 aromatic carbocycles. The third-order valence-corrected chi connectivity index (χ3v) is 3.73. The molecule has 0 fully saturated rings. The fraction of sp³-hybridized carbons (Fsp3) is 0.0556. The van der Waals surface area contributed by atoms with Crippen LogP contribution in [0.4, 0.5) is 13.2 Å². The van der Waals surface area contributed by atoms with Gasteiger partial charge in [0.15, 0.2) is 5.82 Å². The van der Waals surface area contributed by atoms with Crippen LogP contribution in [-0.2, 0) is 6.18 Å². The molecule has 4 aromatic rings. The zero-order chi connectivity index (χ0) is 17.4. The van der Waals surface area contributed by atoms with Crippen molar-refractivity contribution in [1.29, 1.82) is 0 Å². The lowest BCUT2D eigenvalue weighted by atomic mass is 10.2. The number of aromatic nitrogens is 4. The van der Waals surface area contributed by atoms with E-state index in [0.717, 1.165) is 12.1 Å². The van der Waals surface area contributed by atoms with Crippen molar-refractivity contribution in [2.75, 3.05) is 0 Å². The van der Waals surface area contributed by atoms with Crippen molar-refractivity contribution in [2.45, 2.75) is 6.18 Å². The van der Waals surface area contributed by atoms with Gasteiger partial charge in [-0.05, 0) is 42.5 Å². The molecule has 0 amide bonds. The molecule has 0 aliphatic carbocycles. The van der Waals surface area contributed by atoms with Gasteiger partial charge in [0.05, 0.1) is 28.0 Å². The van der Waals surface area contributed by atoms with Crippen molar-refractivity contribution in [3.05, 3.63) is 66.4 Å². The molecule has 4 rings (SSSR count). The summed E-state index contributed by atoms with van der Waals surface area (Å²) in [5.74, 6) is 0.409. The van der Waals surface area contributed by atoms with E-state index < -0.39 is 11.7 Å². The fourth-order valence-corrected chi connectivity index (χ4v) is 2.53. The highest BCUT2D eigenvalue weighted by atomic mass is 19.4. The Morgan fingerprint density at radius 1 is 0.800 bits per heavy atom. The summed E-state index contributed by atoms with van der Waals surface area (Å²) in [5.41, 5.74) is 1.95. The summed E-state index contributed by atoms with van der Waals surface area (Å²) in [6, 6.07) is 14.3. The number of hydrogen-bond acceptors (Lipinski definition) is 3. The Kier molecular flexibility index (Phi) is 3.49. The van der Waals surface area contributed by atoms with Crippen molar-refractivity contribution < 1.29 is 13.2 Å². The molecule has 0 saturated heterocycles. The Labute approximate surface area is 140 Å². The molecule has 0 saturated carbocycles. The molecule has 0 aliphatic heterocycles. The van der Waals surface area contributed by atoms with E-state index in [0.29, 0.717) is 33.9 Å². The van der Waals surface area contributed by atoms with Gasteiger partial charge in [-0.25, -0.2) is 9.97 Å². The highest BCUT2D eigenvalue weighted by Crippen LogP contribution is 2.31. The average molecular weight is 340 g/mol. The third kappa shape index (κ3) is 2.96. The van der Waals surface area contributed by atoms with E-state index in [-0.39, 0.29) is 0 Å². The number of aromatic amines is 1. The van der Waals surface area contributed by atoms with Crippen molar-refractivity contribution >= 4 is 11.0 Å². The van der Waals surface area contributed by atoms with Gasteiger partial charge in [0, 0.05) is 6.20 Å². The van der Waals surface area contributed by atoms with E-state index in [9.17, 15) is 13.2 Å². The lowest BCUT2D eigenvalue weighted by molar-refractivity contribution is -0.137. The quantitative estimate of drug-likeness (QED) is 0.575. The van der Waals surface area contributed by atoms with E-state index in [4.69, 9.17) is 0 Å². The smallest absolute Gasteiger partial charge is 0.337 e. The lowest BCUT2D eigenvalue weighted by Crippen LogP contribution is -2.04. The summed E-state index contributed by atoms with van der Waals surface area (Å²) in [6.45, 7) is 0. The van der Waals surface area contributed by atoms with Gasteiger partial charge in [0.1, 0.15) is 5.69 Å². The minimum absolute atomic E-state index is 0.315. The summed E-state index contributed by atoms with van der Waals surface area (Å²) >= 11 is 0. The summed E-state index contributed by atoms with van der Waals surface area (Å²) in [7, 11) is 0. The molecule has 3 heterocycles. The van der Waals surface area contributed by atoms with Gasteiger partial charge in [-0.1, -0.05) is 12.1 Å². The van der Waals surface area contributed by atoms with Crippen molar-refractivity contribution in [3.63, 3.8) is 0 Å². The molecular formula is C18H11F3N4. The van der Waals surface area contributed by atoms with Gasteiger partial charge in [0.2, 0.25) is 0 Å². The zero-order valence-electron chi connectivity index (χ0n) is 12.7. The van der Waals surface area contributed by atoms with E-state index in [1.165, 1.54) is 6.07 Å². The first-order valence-corrected chi connectivity index (χ1v) is 7.46. The van der Waals surface area contributed by atoms with Crippen molar-refractivity contribution in [1.82, 2.24) is 19.9 Å². The number of nitrogens with one attached hydrogen (secondary N) is 1. The second kappa shape index (κ2) is 5.70. The Morgan fingerprint density at radius 3 is 2.36 bits per heavy atom. The van der Waals surface area contributed by atoms with Gasteiger partial charge in [-0.3, -0.25) is 4.98 Å². The van der Waals surface area contributed by atoms with Crippen molar-refractivity contribution in [2.24, 2.45) is 0 Å². The van der Waals surface area contributed by atoms with Crippen LogP contribution in [0, 0.1) is 0 Å². The summed E-state index contributed by atoms with van der Waals surface area (Å²) in [4.78, 5) is 16.0. The molecule has 0 bridgehead atoms. The molecule has 0 aliphatic rings. The Balaban J connectivity index is 1.77. The Bertz CT molecular complexity index is 1040. The number of fused-ring (bicyclic) bond motifs is 1. The predicted molar refractivity (Wildman–Crippen MR) is 87.6 cm³/mol. The largest absolute Gasteiger partial charge is 0.416 e. The second-order valence-corrected chi connectivity index (χ2v) is 5.44. The molecule has 0 atom stereocenters. The fourth-order valence-electron chi connectivity index (χ4n) is 2.53. The first-order chi connectivity index (χ1) is 12.0. The summed E-state index contributed by atoms with van der Waals surface area (Å²) in [6.07, 6.45) is -2.72. The molecule has 0 spiro atoms. The van der Waals surface area contributed by atoms with Gasteiger partial charge < -0.3 is 4.98 Å². The standard InChI is InChI=1S/C18H11F3N4/c19-18(20,21)11-7-8-14-16(10-11)25-17(24-14)15-6-3-5-13(23-15)12-4-1-2-9-22-12/h1-10H,(H,24,25). The van der Waals surface area contributed by atoms with Gasteiger partial charge in [0.25, 0.3) is 0 Å². The topological polar surface area (TPSA) is 54.5 Å². The minimum atomic E-state index is -4.39. The molecule has 25 heavy (non-hydrogen) atoms. The first kappa shape index (κ1) is 15.3. The summed E-state index contributed by atoms with van der Waals surface area (Å²) in [5, 5.41) is 0. The number of rotatable bonds is 2. The van der Waals surface area contributed by atoms with Gasteiger partial charge in [-0.2, -0.15) is 13.2 Å². The number of imidazole rings is 1. The molecule has 3 aromatic heterocycles. The van der Waals surface area contributed by atoms with Crippen LogP contribution >= 0.6 is 0 Å². The monoisotopic (exact) mass is 340 g/mol. The average Bonchev–Trinajstić information content (AvgIpc) is 3.05. The first-order valence-electron chi connectivity index (χ1n) is 7.46. The lowest BCUT2D eigenvalue weighted by Gasteiger charge is -2.05. The molecule has 0 radical (unpaired) electrons. The van der Waals surface area contributed by atoms with Crippen LogP contribution in [0.1, 0.15) is 5.56 Å². The number of nitrogens with zero attached hydrogens (tertiary/aromatic N) is 3. The SMILES string of the molecule is FC(F)(F)c1ccc2nc(-c3cccc(-c4ccccn4)n3)[nH]c2c1. The minimum Gasteiger partial charge on any atom is -0.337 e. The summed E-state index contributed by atoms with van der Waals surface area (Å²) < 4.78 is 38.5. The maximum atomic E-state index is 12.8. The van der Waals surface area contributed by atoms with Crippen LogP contribution in [0.5, 0.6) is 0 Å². The molecule has 7 heteroatoms. The maximum Gasteiger partial charge on any atom is 0.416 e. The number of hydrogen-bond donors (Lipinski definition) is 1. The van der Waals surface area contributed by atoms with Crippen LogP contribution in [0.3, 0.4) is 0 Å². The Morgan fingerprint density at radius 2 is 1.60 bits per heavy atom. The number of alkyl halides is 3. The molecule has 124 valence electrons. The van der Waals surface area contributed by atoms with E-state index in [1.807, 2.05) is 24.3 Å². The maximum absolute atomic E-state index is 12.8. The highest BCUT2D eigenvalue weighted by molar-refractivity contribution is 5.79. The normalized spacial score (nSPS) is 11.8. The van der Waals surface area contributed by atoms with Gasteiger partial charge >= 0.3 is 6.18 Å². The number of benzene rings is 1. The Hall–Kier alpha value is -3.22. The van der Waals surface area contributed by atoms with Crippen LogP contribution in [0.2, 0.25) is 0 Å². The van der Waals surface area contributed by atoms with Crippen LogP contribution in [0.25, 0.3) is 33.9 Å². The second-order valence-electron chi connectivity index (χ2n) is 5.44. The van der Waals surface area contributed by atoms with Crippen LogP contribution < -0.4 is 0 Å². The molecular weight excluding hydrogens is 329 g/mol. The number of halogens is 3. The van der Waals surface area contributed by atoms with E-state index in [1.54, 1.807) is 18.3 Å². The van der Waals surface area contributed by atoms with E-state index in [2.05, 4.69) is 19.9 Å². The predicted octanol–water partition coefficient (Wildman–Crippen LogP) is 4.71. The van der Waals surface area contributed by atoms with Crippen LogP contribution in [-0.4, -0.2) is 19.9 Å². The van der Waals surface area contributed by atoms with E-state index >= 15 is 0 Å². The number of H-pyrrole nitrogens is 1. The number of pyridine rings is 2. The third-order valence-electron chi connectivity index (χ3n) is 3.73. The van der Waals surface area contributed by atoms with Crippen molar-refractivity contribution in [3.8, 4) is 22.9 Å².